The molecule has 0 aliphatic heterocycles. The van der Waals surface area contributed by atoms with E-state index in [1.54, 1.807) is 0 Å². The van der Waals surface area contributed by atoms with Crippen LogP contribution in [-0.4, -0.2) is 9.13 Å². The Morgan fingerprint density at radius 2 is 0.976 bits per heavy atom. The van der Waals surface area contributed by atoms with Crippen molar-refractivity contribution >= 4 is 54.4 Å². The van der Waals surface area contributed by atoms with E-state index < -0.39 is 0 Å². The van der Waals surface area contributed by atoms with E-state index in [-0.39, 0.29) is 0 Å². The summed E-state index contributed by atoms with van der Waals surface area (Å²) < 4.78 is 4.84. The predicted octanol–water partition coefficient (Wildman–Crippen LogP) is 10.7. The minimum atomic E-state index is 1.17. The lowest BCUT2D eigenvalue weighted by Gasteiger charge is -2.13. The third kappa shape index (κ3) is 3.33. The second-order valence-electron chi connectivity index (χ2n) is 11.0. The Labute approximate surface area is 243 Å². The first-order chi connectivity index (χ1) is 20.8. The maximum absolute atomic E-state index is 2.45. The van der Waals surface area contributed by atoms with Crippen molar-refractivity contribution in [3.8, 4) is 22.5 Å². The van der Waals surface area contributed by atoms with Gasteiger partial charge in [-0.15, -0.1) is 0 Å². The largest absolute Gasteiger partial charge is 0.309 e. The fourth-order valence-electron chi connectivity index (χ4n) is 6.83. The quantitative estimate of drug-likeness (QED) is 0.213. The van der Waals surface area contributed by atoms with Gasteiger partial charge in [-0.05, 0) is 58.8 Å². The predicted molar refractivity (Wildman–Crippen MR) is 178 cm³/mol. The molecule has 42 heavy (non-hydrogen) atoms. The molecule has 196 valence electrons. The van der Waals surface area contributed by atoms with Gasteiger partial charge in [0.05, 0.1) is 22.1 Å². The molecular weight excluding hydrogens is 508 g/mol. The van der Waals surface area contributed by atoms with E-state index in [1.807, 2.05) is 0 Å². The number of nitrogens with zero attached hydrogens (tertiary/aromatic N) is 2. The molecule has 9 rings (SSSR count). The Balaban J connectivity index is 1.37. The van der Waals surface area contributed by atoms with Gasteiger partial charge in [0.25, 0.3) is 0 Å². The standard InChI is InChI=1S/C40H26N2/c1-2-13-30(14-3-1)41-37-19-8-6-15-33(37)35-24-22-29(26-39(35)41)32-17-10-18-36-34-16-7-9-20-38(34)42(40(32)36)31-23-21-27-11-4-5-12-28(27)25-31/h1-26H. The molecule has 0 saturated carbocycles. The molecule has 0 radical (unpaired) electrons. The average molecular weight is 535 g/mol. The van der Waals surface area contributed by atoms with Crippen LogP contribution in [0, 0.1) is 0 Å². The zero-order valence-corrected chi connectivity index (χ0v) is 22.9. The third-order valence-electron chi connectivity index (χ3n) is 8.69. The molecule has 7 aromatic carbocycles. The molecular formula is C40H26N2. The number of aromatic nitrogens is 2. The normalized spacial score (nSPS) is 11.8. The molecule has 0 atom stereocenters. The van der Waals surface area contributed by atoms with Crippen molar-refractivity contribution in [3.05, 3.63) is 158 Å². The van der Waals surface area contributed by atoms with E-state index in [1.165, 1.54) is 76.9 Å². The molecule has 0 fully saturated rings. The van der Waals surface area contributed by atoms with E-state index in [9.17, 15) is 0 Å². The highest BCUT2D eigenvalue weighted by Gasteiger charge is 2.18. The van der Waals surface area contributed by atoms with Crippen LogP contribution in [0.4, 0.5) is 0 Å². The highest BCUT2D eigenvalue weighted by Crippen LogP contribution is 2.40. The van der Waals surface area contributed by atoms with Crippen LogP contribution >= 0.6 is 0 Å². The van der Waals surface area contributed by atoms with Gasteiger partial charge in [-0.1, -0.05) is 115 Å². The lowest BCUT2D eigenvalue weighted by atomic mass is 10.00. The van der Waals surface area contributed by atoms with E-state index in [4.69, 9.17) is 0 Å². The van der Waals surface area contributed by atoms with Gasteiger partial charge >= 0.3 is 0 Å². The van der Waals surface area contributed by atoms with Crippen LogP contribution in [0.5, 0.6) is 0 Å². The van der Waals surface area contributed by atoms with Gasteiger partial charge in [-0.25, -0.2) is 0 Å². The zero-order valence-electron chi connectivity index (χ0n) is 22.9. The lowest BCUT2D eigenvalue weighted by molar-refractivity contribution is 1.18. The molecule has 2 nitrogen and oxygen atoms in total. The number of benzene rings is 7. The topological polar surface area (TPSA) is 9.86 Å². The summed E-state index contributed by atoms with van der Waals surface area (Å²) in [6, 6.07) is 57.3. The monoisotopic (exact) mass is 534 g/mol. The number of fused-ring (bicyclic) bond motifs is 7. The second-order valence-corrected chi connectivity index (χ2v) is 11.0. The van der Waals surface area contributed by atoms with Crippen LogP contribution in [0.3, 0.4) is 0 Å². The van der Waals surface area contributed by atoms with Gasteiger partial charge in [0.2, 0.25) is 0 Å². The molecule has 0 aliphatic carbocycles. The summed E-state index contributed by atoms with van der Waals surface area (Å²) in [5.41, 5.74) is 9.66. The molecule has 0 amide bonds. The summed E-state index contributed by atoms with van der Waals surface area (Å²) >= 11 is 0. The van der Waals surface area contributed by atoms with Gasteiger partial charge in [-0.2, -0.15) is 0 Å². The van der Waals surface area contributed by atoms with Gasteiger partial charge in [-0.3, -0.25) is 0 Å². The molecule has 0 spiro atoms. The highest BCUT2D eigenvalue weighted by molar-refractivity contribution is 6.15. The van der Waals surface area contributed by atoms with Crippen LogP contribution in [0.25, 0.3) is 76.9 Å². The van der Waals surface area contributed by atoms with Crippen molar-refractivity contribution in [2.24, 2.45) is 0 Å². The van der Waals surface area contributed by atoms with Crippen molar-refractivity contribution in [1.29, 1.82) is 0 Å². The Kier molecular flexibility index (Phi) is 4.93. The zero-order chi connectivity index (χ0) is 27.6. The van der Waals surface area contributed by atoms with E-state index in [2.05, 4.69) is 167 Å². The fourth-order valence-corrected chi connectivity index (χ4v) is 6.83. The minimum Gasteiger partial charge on any atom is -0.309 e. The SMILES string of the molecule is c1ccc(-n2c3ccccc3c3ccc(-c4cccc5c6ccccc6n(-c6ccc7ccccc7c6)c45)cc32)cc1. The molecule has 9 aromatic rings. The summed E-state index contributed by atoms with van der Waals surface area (Å²) in [5.74, 6) is 0. The Bertz CT molecular complexity index is 2460. The average Bonchev–Trinajstić information content (AvgIpc) is 3.58. The maximum Gasteiger partial charge on any atom is 0.0619 e. The summed E-state index contributed by atoms with van der Waals surface area (Å²) in [6.07, 6.45) is 0. The van der Waals surface area contributed by atoms with Crippen LogP contribution in [-0.2, 0) is 0 Å². The molecule has 0 bridgehead atoms. The third-order valence-corrected chi connectivity index (χ3v) is 8.69. The van der Waals surface area contributed by atoms with Crippen LogP contribution in [0.15, 0.2) is 158 Å². The molecule has 0 N–H and O–H groups in total. The minimum absolute atomic E-state index is 1.17. The summed E-state index contributed by atoms with van der Waals surface area (Å²) in [4.78, 5) is 0. The molecule has 2 aromatic heterocycles. The van der Waals surface area contributed by atoms with Crippen LogP contribution in [0.2, 0.25) is 0 Å². The first-order valence-electron chi connectivity index (χ1n) is 14.5. The molecule has 0 aliphatic rings. The fraction of sp³-hybridized carbons (Fsp3) is 0. The number of para-hydroxylation sites is 4. The Morgan fingerprint density at radius 3 is 1.81 bits per heavy atom. The van der Waals surface area contributed by atoms with Crippen LogP contribution in [0.1, 0.15) is 0 Å². The Morgan fingerprint density at radius 1 is 0.333 bits per heavy atom. The van der Waals surface area contributed by atoms with Crippen molar-refractivity contribution in [1.82, 2.24) is 9.13 Å². The molecule has 0 unspecified atom stereocenters. The molecule has 2 heterocycles. The van der Waals surface area contributed by atoms with Crippen LogP contribution < -0.4 is 0 Å². The van der Waals surface area contributed by atoms with Gasteiger partial charge in [0.15, 0.2) is 0 Å². The maximum atomic E-state index is 2.45. The summed E-state index contributed by atoms with van der Waals surface area (Å²) in [5, 5.41) is 7.56. The Hall–Kier alpha value is -5.60. The summed E-state index contributed by atoms with van der Waals surface area (Å²) in [7, 11) is 0. The van der Waals surface area contributed by atoms with E-state index in [0.29, 0.717) is 0 Å². The van der Waals surface area contributed by atoms with Gasteiger partial charge in [0.1, 0.15) is 0 Å². The molecule has 2 heteroatoms. The highest BCUT2D eigenvalue weighted by atomic mass is 15.0. The first kappa shape index (κ1) is 23.1. The van der Waals surface area contributed by atoms with E-state index >= 15 is 0 Å². The van der Waals surface area contributed by atoms with Crippen molar-refractivity contribution in [2.45, 2.75) is 0 Å². The number of rotatable bonds is 3. The van der Waals surface area contributed by atoms with Crippen molar-refractivity contribution in [2.75, 3.05) is 0 Å². The van der Waals surface area contributed by atoms with Gasteiger partial charge < -0.3 is 9.13 Å². The summed E-state index contributed by atoms with van der Waals surface area (Å²) in [6.45, 7) is 0. The number of hydrogen-bond acceptors (Lipinski definition) is 0. The number of hydrogen-bond donors (Lipinski definition) is 0. The first-order valence-corrected chi connectivity index (χ1v) is 14.5. The van der Waals surface area contributed by atoms with Gasteiger partial charge in [0, 0.05) is 38.5 Å². The van der Waals surface area contributed by atoms with Crippen molar-refractivity contribution in [3.63, 3.8) is 0 Å². The second kappa shape index (κ2) is 8.95. The lowest BCUT2D eigenvalue weighted by Crippen LogP contribution is -1.96. The smallest absolute Gasteiger partial charge is 0.0619 e. The van der Waals surface area contributed by atoms with Crippen molar-refractivity contribution < 1.29 is 0 Å². The molecule has 0 saturated heterocycles. The van der Waals surface area contributed by atoms with E-state index in [0.717, 1.165) is 0 Å².